The molecule has 2 rings (SSSR count). The predicted octanol–water partition coefficient (Wildman–Crippen LogP) is 0.398. The summed E-state index contributed by atoms with van der Waals surface area (Å²) in [4.78, 5) is 14.2. The second-order valence-electron chi connectivity index (χ2n) is 5.03. The lowest BCUT2D eigenvalue weighted by Gasteiger charge is -2.35. The molecule has 0 bridgehead atoms. The highest BCUT2D eigenvalue weighted by molar-refractivity contribution is 5.84. The fourth-order valence-electron chi connectivity index (χ4n) is 2.70. The predicted molar refractivity (Wildman–Crippen MR) is 66.3 cm³/mol. The molecular formula is C12H21N3O3. The summed E-state index contributed by atoms with van der Waals surface area (Å²) in [5.74, 6) is 0.519. The van der Waals surface area contributed by atoms with Crippen LogP contribution >= 0.6 is 0 Å². The van der Waals surface area contributed by atoms with Crippen LogP contribution in [-0.2, 0) is 9.53 Å². The molecule has 0 aromatic heterocycles. The van der Waals surface area contributed by atoms with Crippen molar-refractivity contribution in [2.75, 3.05) is 26.3 Å². The normalized spacial score (nSPS) is 27.2. The molecule has 1 amide bonds. The Morgan fingerprint density at radius 2 is 2.00 bits per heavy atom. The van der Waals surface area contributed by atoms with Gasteiger partial charge in [-0.2, -0.15) is 0 Å². The summed E-state index contributed by atoms with van der Waals surface area (Å²) in [6.45, 7) is 2.71. The van der Waals surface area contributed by atoms with Crippen molar-refractivity contribution in [2.45, 2.75) is 25.7 Å². The maximum atomic E-state index is 12.3. The molecule has 6 nitrogen and oxygen atoms in total. The molecule has 3 N–H and O–H groups in total. The number of hydrogen-bond acceptors (Lipinski definition) is 4. The minimum atomic E-state index is -0.00691. The summed E-state index contributed by atoms with van der Waals surface area (Å²) in [6, 6.07) is 0. The van der Waals surface area contributed by atoms with Gasteiger partial charge in [0.25, 0.3) is 0 Å². The van der Waals surface area contributed by atoms with E-state index in [1.807, 2.05) is 4.90 Å². The average Bonchev–Trinajstić information content (AvgIpc) is 2.46. The van der Waals surface area contributed by atoms with Crippen molar-refractivity contribution in [1.82, 2.24) is 4.90 Å². The highest BCUT2D eigenvalue weighted by Gasteiger charge is 2.31. The molecule has 0 saturated carbocycles. The smallest absolute Gasteiger partial charge is 0.225 e. The van der Waals surface area contributed by atoms with E-state index in [4.69, 9.17) is 15.7 Å². The molecule has 2 heterocycles. The zero-order chi connectivity index (χ0) is 13.0. The van der Waals surface area contributed by atoms with Crippen LogP contribution in [0.1, 0.15) is 25.7 Å². The Kier molecular flexibility index (Phi) is 4.41. The van der Waals surface area contributed by atoms with Crippen molar-refractivity contribution in [1.29, 1.82) is 0 Å². The van der Waals surface area contributed by atoms with Gasteiger partial charge in [0.05, 0.1) is 0 Å². The van der Waals surface area contributed by atoms with Gasteiger partial charge in [-0.05, 0) is 25.7 Å². The van der Waals surface area contributed by atoms with Gasteiger partial charge in [-0.25, -0.2) is 0 Å². The van der Waals surface area contributed by atoms with E-state index in [0.717, 1.165) is 32.2 Å². The third-order valence-corrected chi connectivity index (χ3v) is 3.84. The molecule has 0 aromatic carbocycles. The van der Waals surface area contributed by atoms with Crippen LogP contribution in [-0.4, -0.2) is 48.2 Å². The number of carbonyl (C=O) groups excluding carboxylic acids is 1. The van der Waals surface area contributed by atoms with Crippen LogP contribution in [0.3, 0.4) is 0 Å². The Bertz CT molecular complexity index is 327. The summed E-state index contributed by atoms with van der Waals surface area (Å²) in [7, 11) is 0. The van der Waals surface area contributed by atoms with E-state index in [-0.39, 0.29) is 23.6 Å². The van der Waals surface area contributed by atoms with Gasteiger partial charge in [-0.1, -0.05) is 5.16 Å². The quantitative estimate of drug-likeness (QED) is 0.323. The summed E-state index contributed by atoms with van der Waals surface area (Å²) in [6.07, 6.45) is 3.41. The molecule has 0 spiro atoms. The van der Waals surface area contributed by atoms with E-state index in [1.165, 1.54) is 0 Å². The molecule has 18 heavy (non-hydrogen) atoms. The van der Waals surface area contributed by atoms with E-state index in [1.54, 1.807) is 0 Å². The summed E-state index contributed by atoms with van der Waals surface area (Å²) < 4.78 is 5.27. The first-order valence-corrected chi connectivity index (χ1v) is 6.56. The van der Waals surface area contributed by atoms with Crippen molar-refractivity contribution >= 4 is 11.7 Å². The lowest BCUT2D eigenvalue weighted by atomic mass is 9.93. The number of nitrogens with zero attached hydrogens (tertiary/aromatic N) is 2. The van der Waals surface area contributed by atoms with Crippen molar-refractivity contribution < 1.29 is 14.7 Å². The number of oxime groups is 1. The number of amides is 1. The molecule has 2 aliphatic heterocycles. The first-order chi connectivity index (χ1) is 8.72. The number of rotatable bonds is 2. The van der Waals surface area contributed by atoms with Gasteiger partial charge in [0, 0.05) is 38.1 Å². The summed E-state index contributed by atoms with van der Waals surface area (Å²) in [5.41, 5.74) is 5.63. The highest BCUT2D eigenvalue weighted by atomic mass is 16.5. The molecule has 102 valence electrons. The summed E-state index contributed by atoms with van der Waals surface area (Å²) >= 11 is 0. The largest absolute Gasteiger partial charge is 0.409 e. The molecule has 1 atom stereocenters. The molecule has 6 heteroatoms. The molecular weight excluding hydrogens is 234 g/mol. The fourth-order valence-corrected chi connectivity index (χ4v) is 2.70. The van der Waals surface area contributed by atoms with E-state index in [2.05, 4.69) is 5.16 Å². The standard InChI is InChI=1S/C12H21N3O3/c13-11(14-17)10-2-1-5-15(8-10)12(16)9-3-6-18-7-4-9/h9-10,17H,1-8H2,(H2,13,14). The second kappa shape index (κ2) is 6.04. The third-order valence-electron chi connectivity index (χ3n) is 3.84. The Labute approximate surface area is 107 Å². The monoisotopic (exact) mass is 255 g/mol. The Balaban J connectivity index is 1.93. The molecule has 2 saturated heterocycles. The molecule has 1 unspecified atom stereocenters. The van der Waals surface area contributed by atoms with Crippen molar-refractivity contribution in [3.63, 3.8) is 0 Å². The number of ether oxygens (including phenoxy) is 1. The maximum Gasteiger partial charge on any atom is 0.225 e. The van der Waals surface area contributed by atoms with E-state index in [0.29, 0.717) is 19.8 Å². The van der Waals surface area contributed by atoms with Crippen molar-refractivity contribution in [3.05, 3.63) is 0 Å². The maximum absolute atomic E-state index is 12.3. The van der Waals surface area contributed by atoms with Gasteiger partial charge in [0.15, 0.2) is 0 Å². The molecule has 0 radical (unpaired) electrons. The summed E-state index contributed by atoms with van der Waals surface area (Å²) in [5, 5.41) is 11.8. The van der Waals surface area contributed by atoms with Crippen LogP contribution in [0.5, 0.6) is 0 Å². The van der Waals surface area contributed by atoms with Gasteiger partial charge in [0.2, 0.25) is 5.91 Å². The SMILES string of the molecule is NC(=NO)C1CCCN(C(=O)C2CCOCC2)C1. The zero-order valence-corrected chi connectivity index (χ0v) is 10.5. The van der Waals surface area contributed by atoms with E-state index in [9.17, 15) is 4.79 Å². The Morgan fingerprint density at radius 1 is 1.28 bits per heavy atom. The molecule has 2 fully saturated rings. The van der Waals surface area contributed by atoms with Gasteiger partial charge in [0.1, 0.15) is 5.84 Å². The van der Waals surface area contributed by atoms with Crippen LogP contribution in [0.2, 0.25) is 0 Å². The molecule has 0 aliphatic carbocycles. The molecule has 0 aromatic rings. The molecule has 2 aliphatic rings. The average molecular weight is 255 g/mol. The lowest BCUT2D eigenvalue weighted by Crippen LogP contribution is -2.47. The Morgan fingerprint density at radius 3 is 2.67 bits per heavy atom. The topological polar surface area (TPSA) is 88.2 Å². The fraction of sp³-hybridized carbons (Fsp3) is 0.833. The lowest BCUT2D eigenvalue weighted by molar-refractivity contribution is -0.139. The minimum absolute atomic E-state index is 0.00691. The van der Waals surface area contributed by atoms with Crippen LogP contribution in [0.25, 0.3) is 0 Å². The zero-order valence-electron chi connectivity index (χ0n) is 10.5. The number of hydrogen-bond donors (Lipinski definition) is 2. The third kappa shape index (κ3) is 2.93. The van der Waals surface area contributed by atoms with E-state index >= 15 is 0 Å². The number of piperidine rings is 1. The number of nitrogens with two attached hydrogens (primary N) is 1. The minimum Gasteiger partial charge on any atom is -0.409 e. The van der Waals surface area contributed by atoms with Gasteiger partial charge in [-0.3, -0.25) is 4.79 Å². The van der Waals surface area contributed by atoms with Crippen molar-refractivity contribution in [2.24, 2.45) is 22.7 Å². The number of likely N-dealkylation sites (tertiary alicyclic amines) is 1. The number of amidine groups is 1. The van der Waals surface area contributed by atoms with Crippen LogP contribution < -0.4 is 5.73 Å². The van der Waals surface area contributed by atoms with Crippen LogP contribution in [0, 0.1) is 11.8 Å². The number of carbonyl (C=O) groups is 1. The van der Waals surface area contributed by atoms with Crippen molar-refractivity contribution in [3.8, 4) is 0 Å². The van der Waals surface area contributed by atoms with E-state index < -0.39 is 0 Å². The highest BCUT2D eigenvalue weighted by Crippen LogP contribution is 2.22. The first kappa shape index (κ1) is 13.1. The second-order valence-corrected chi connectivity index (χ2v) is 5.03. The van der Waals surface area contributed by atoms with Crippen LogP contribution in [0.15, 0.2) is 5.16 Å². The van der Waals surface area contributed by atoms with Gasteiger partial charge < -0.3 is 20.6 Å². The van der Waals surface area contributed by atoms with Gasteiger partial charge in [-0.15, -0.1) is 0 Å². The van der Waals surface area contributed by atoms with Gasteiger partial charge >= 0.3 is 0 Å². The first-order valence-electron chi connectivity index (χ1n) is 6.56. The Hall–Kier alpha value is -1.30. The van der Waals surface area contributed by atoms with Crippen LogP contribution in [0.4, 0.5) is 0 Å².